The quantitative estimate of drug-likeness (QED) is 0.674. The second-order valence-electron chi connectivity index (χ2n) is 4.59. The van der Waals surface area contributed by atoms with Gasteiger partial charge in [0.25, 0.3) is 0 Å². The van der Waals surface area contributed by atoms with Crippen LogP contribution in [0, 0.1) is 11.8 Å². The van der Waals surface area contributed by atoms with Crippen molar-refractivity contribution in [1.29, 1.82) is 0 Å². The third kappa shape index (κ3) is 1.92. The largest absolute Gasteiger partial charge is 0.341 e. The number of nitrogens with one attached hydrogen (secondary N) is 1. The van der Waals surface area contributed by atoms with E-state index in [1.54, 1.807) is 0 Å². The highest BCUT2D eigenvalue weighted by Crippen LogP contribution is 2.35. The van der Waals surface area contributed by atoms with Crippen molar-refractivity contribution in [1.82, 2.24) is 10.2 Å². The van der Waals surface area contributed by atoms with Crippen LogP contribution in [0.25, 0.3) is 0 Å². The van der Waals surface area contributed by atoms with Gasteiger partial charge in [-0.3, -0.25) is 4.79 Å². The number of nitrogens with zero attached hydrogens (tertiary/aromatic N) is 1. The summed E-state index contributed by atoms with van der Waals surface area (Å²) in [6.07, 6.45) is 3.46. The van der Waals surface area contributed by atoms with Crippen molar-refractivity contribution in [2.24, 2.45) is 11.8 Å². The summed E-state index contributed by atoms with van der Waals surface area (Å²) in [6, 6.07) is 0. The Balaban J connectivity index is 1.89. The molecule has 1 amide bonds. The maximum Gasteiger partial charge on any atom is 0.225 e. The van der Waals surface area contributed by atoms with Gasteiger partial charge >= 0.3 is 0 Å². The van der Waals surface area contributed by atoms with Gasteiger partial charge in [0.05, 0.1) is 0 Å². The number of hydrogen-bond acceptors (Lipinski definition) is 2. The van der Waals surface area contributed by atoms with E-state index in [0.717, 1.165) is 39.0 Å². The van der Waals surface area contributed by atoms with Gasteiger partial charge in [-0.05, 0) is 31.7 Å². The molecule has 0 aromatic heterocycles. The van der Waals surface area contributed by atoms with E-state index in [-0.39, 0.29) is 0 Å². The van der Waals surface area contributed by atoms with E-state index in [4.69, 9.17) is 0 Å². The highest BCUT2D eigenvalue weighted by atomic mass is 16.2. The van der Waals surface area contributed by atoms with Crippen LogP contribution in [-0.4, -0.2) is 37.0 Å². The van der Waals surface area contributed by atoms with E-state index in [1.807, 2.05) is 0 Å². The molecule has 2 aliphatic rings. The molecule has 1 saturated heterocycles. The van der Waals surface area contributed by atoms with E-state index in [9.17, 15) is 4.79 Å². The Hall–Kier alpha value is -0.570. The van der Waals surface area contributed by atoms with Crippen molar-refractivity contribution in [2.75, 3.05) is 26.2 Å². The summed E-state index contributed by atoms with van der Waals surface area (Å²) in [5, 5.41) is 3.32. The Labute approximate surface area is 85.8 Å². The van der Waals surface area contributed by atoms with Crippen LogP contribution in [0.3, 0.4) is 0 Å². The lowest BCUT2D eigenvalue weighted by atomic mass is 9.74. The molecule has 0 aromatic carbocycles. The van der Waals surface area contributed by atoms with Gasteiger partial charge in [0, 0.05) is 25.6 Å². The van der Waals surface area contributed by atoms with Crippen molar-refractivity contribution >= 4 is 5.91 Å². The van der Waals surface area contributed by atoms with Crippen LogP contribution in [0.4, 0.5) is 0 Å². The highest BCUT2D eigenvalue weighted by molar-refractivity contribution is 5.80. The summed E-state index contributed by atoms with van der Waals surface area (Å²) in [6.45, 7) is 6.08. The Bertz CT molecular complexity index is 209. The van der Waals surface area contributed by atoms with Gasteiger partial charge in [-0.2, -0.15) is 0 Å². The molecule has 80 valence electrons. The van der Waals surface area contributed by atoms with Gasteiger partial charge in [0.2, 0.25) is 5.91 Å². The van der Waals surface area contributed by atoms with Gasteiger partial charge in [-0.25, -0.2) is 0 Å². The summed E-state index contributed by atoms with van der Waals surface area (Å²) < 4.78 is 0. The number of carbonyl (C=O) groups is 1. The van der Waals surface area contributed by atoms with Crippen LogP contribution in [0.15, 0.2) is 0 Å². The Morgan fingerprint density at radius 1 is 1.29 bits per heavy atom. The van der Waals surface area contributed by atoms with Crippen LogP contribution < -0.4 is 5.32 Å². The molecule has 2 atom stereocenters. The number of rotatable bonds is 1. The zero-order valence-electron chi connectivity index (χ0n) is 8.96. The molecule has 2 fully saturated rings. The number of hydrogen-bond donors (Lipinski definition) is 1. The monoisotopic (exact) mass is 196 g/mol. The molecule has 14 heavy (non-hydrogen) atoms. The van der Waals surface area contributed by atoms with E-state index < -0.39 is 0 Å². The lowest BCUT2D eigenvalue weighted by Gasteiger charge is -2.36. The molecule has 3 heteroatoms. The van der Waals surface area contributed by atoms with Crippen molar-refractivity contribution < 1.29 is 4.79 Å². The molecular weight excluding hydrogens is 176 g/mol. The van der Waals surface area contributed by atoms with Crippen LogP contribution >= 0.6 is 0 Å². The second-order valence-corrected chi connectivity index (χ2v) is 4.59. The minimum absolute atomic E-state index is 0.341. The fraction of sp³-hybridized carbons (Fsp3) is 0.909. The number of amides is 1. The minimum Gasteiger partial charge on any atom is -0.341 e. The van der Waals surface area contributed by atoms with Gasteiger partial charge in [-0.1, -0.05) is 6.92 Å². The molecule has 3 nitrogen and oxygen atoms in total. The lowest BCUT2D eigenvalue weighted by molar-refractivity contribution is -0.140. The summed E-state index contributed by atoms with van der Waals surface area (Å²) in [7, 11) is 0. The highest BCUT2D eigenvalue weighted by Gasteiger charge is 2.35. The molecule has 1 aliphatic heterocycles. The molecule has 1 heterocycles. The van der Waals surface area contributed by atoms with Crippen molar-refractivity contribution in [3.63, 3.8) is 0 Å². The molecule has 1 saturated carbocycles. The van der Waals surface area contributed by atoms with E-state index in [0.29, 0.717) is 17.7 Å². The van der Waals surface area contributed by atoms with Crippen LogP contribution in [0.5, 0.6) is 0 Å². The lowest BCUT2D eigenvalue weighted by Crippen LogP contribution is -2.44. The molecule has 0 radical (unpaired) electrons. The van der Waals surface area contributed by atoms with Crippen molar-refractivity contribution in [2.45, 2.75) is 26.2 Å². The first-order chi connectivity index (χ1) is 6.79. The van der Waals surface area contributed by atoms with Gasteiger partial charge in [0.1, 0.15) is 0 Å². The van der Waals surface area contributed by atoms with Gasteiger partial charge in [-0.15, -0.1) is 0 Å². The van der Waals surface area contributed by atoms with Crippen LogP contribution in [0.2, 0.25) is 0 Å². The molecule has 1 aliphatic carbocycles. The third-order valence-corrected chi connectivity index (χ3v) is 3.59. The van der Waals surface area contributed by atoms with Gasteiger partial charge in [0.15, 0.2) is 0 Å². The number of carbonyl (C=O) groups excluding carboxylic acids is 1. The summed E-state index contributed by atoms with van der Waals surface area (Å²) in [5.41, 5.74) is 0. The molecular formula is C11H20N2O. The van der Waals surface area contributed by atoms with E-state index in [1.165, 1.54) is 6.42 Å². The topological polar surface area (TPSA) is 32.3 Å². The Kier molecular flexibility index (Phi) is 3.06. The fourth-order valence-corrected chi connectivity index (χ4v) is 2.33. The van der Waals surface area contributed by atoms with Crippen molar-refractivity contribution in [3.8, 4) is 0 Å². The predicted octanol–water partition coefficient (Wildman–Crippen LogP) is 0.854. The first-order valence-electron chi connectivity index (χ1n) is 5.78. The predicted molar refractivity (Wildman–Crippen MR) is 56.0 cm³/mol. The van der Waals surface area contributed by atoms with Crippen LogP contribution in [0.1, 0.15) is 26.2 Å². The molecule has 2 rings (SSSR count). The minimum atomic E-state index is 0.341. The molecule has 0 unspecified atom stereocenters. The molecule has 0 bridgehead atoms. The van der Waals surface area contributed by atoms with E-state index in [2.05, 4.69) is 17.1 Å². The molecule has 0 aromatic rings. The normalized spacial score (nSPS) is 33.4. The average molecular weight is 196 g/mol. The van der Waals surface area contributed by atoms with Gasteiger partial charge < -0.3 is 10.2 Å². The standard InChI is InChI=1S/C11H20N2O/c1-9-3-4-10(9)11(14)13-7-2-5-12-6-8-13/h9-10,12H,2-8H2,1H3/t9-,10-/m1/s1. The Morgan fingerprint density at radius 2 is 2.14 bits per heavy atom. The zero-order chi connectivity index (χ0) is 9.97. The SMILES string of the molecule is C[C@@H]1CC[C@H]1C(=O)N1CCCNCC1. The summed E-state index contributed by atoms with van der Waals surface area (Å²) in [4.78, 5) is 14.1. The van der Waals surface area contributed by atoms with E-state index >= 15 is 0 Å². The molecule has 1 N–H and O–H groups in total. The fourth-order valence-electron chi connectivity index (χ4n) is 2.33. The smallest absolute Gasteiger partial charge is 0.225 e. The summed E-state index contributed by atoms with van der Waals surface area (Å²) in [5.74, 6) is 1.37. The maximum atomic E-state index is 12.0. The first kappa shape index (κ1) is 9.97. The molecule has 0 spiro atoms. The van der Waals surface area contributed by atoms with Crippen molar-refractivity contribution in [3.05, 3.63) is 0 Å². The maximum absolute atomic E-state index is 12.0. The van der Waals surface area contributed by atoms with Crippen LogP contribution in [-0.2, 0) is 4.79 Å². The third-order valence-electron chi connectivity index (χ3n) is 3.59. The summed E-state index contributed by atoms with van der Waals surface area (Å²) >= 11 is 0. The second kappa shape index (κ2) is 4.30. The first-order valence-corrected chi connectivity index (χ1v) is 5.78. The zero-order valence-corrected chi connectivity index (χ0v) is 8.96. The Morgan fingerprint density at radius 3 is 2.79 bits per heavy atom. The average Bonchev–Trinajstić information content (AvgIpc) is 2.43.